The van der Waals surface area contributed by atoms with E-state index in [0.29, 0.717) is 6.54 Å². The van der Waals surface area contributed by atoms with Gasteiger partial charge in [-0.05, 0) is 25.0 Å². The van der Waals surface area contributed by atoms with Gasteiger partial charge in [-0.25, -0.2) is 0 Å². The van der Waals surface area contributed by atoms with Crippen LogP contribution in [0.5, 0.6) is 0 Å². The predicted molar refractivity (Wildman–Crippen MR) is 71.1 cm³/mol. The molecule has 2 aromatic rings. The average molecular weight is 241 g/mol. The molecule has 18 heavy (non-hydrogen) atoms. The van der Waals surface area contributed by atoms with Crippen LogP contribution in [-0.4, -0.2) is 17.4 Å². The predicted octanol–water partition coefficient (Wildman–Crippen LogP) is 1.91. The number of nitrogens with zero attached hydrogens (tertiary/aromatic N) is 1. The Kier molecular flexibility index (Phi) is 2.52. The first kappa shape index (κ1) is 11.2. The van der Waals surface area contributed by atoms with Crippen molar-refractivity contribution < 1.29 is 4.79 Å². The van der Waals surface area contributed by atoms with Gasteiger partial charge in [0.25, 0.3) is 0 Å². The fraction of sp³-hybridized carbons (Fsp3) is 0.286. The summed E-state index contributed by atoms with van der Waals surface area (Å²) in [6.45, 7) is 0.422. The number of aromatic nitrogens is 1. The zero-order valence-electron chi connectivity index (χ0n) is 10.0. The van der Waals surface area contributed by atoms with E-state index in [2.05, 4.69) is 10.3 Å². The zero-order valence-corrected chi connectivity index (χ0v) is 10.0. The number of pyridine rings is 1. The van der Waals surface area contributed by atoms with Crippen LogP contribution in [0.25, 0.3) is 10.8 Å². The Morgan fingerprint density at radius 3 is 2.94 bits per heavy atom. The summed E-state index contributed by atoms with van der Waals surface area (Å²) in [6.07, 6.45) is 5.30. The van der Waals surface area contributed by atoms with Gasteiger partial charge in [0, 0.05) is 35.4 Å². The van der Waals surface area contributed by atoms with E-state index in [-0.39, 0.29) is 11.3 Å². The van der Waals surface area contributed by atoms with E-state index < -0.39 is 0 Å². The number of nitrogens with two attached hydrogens (primary N) is 1. The molecule has 1 aliphatic carbocycles. The van der Waals surface area contributed by atoms with Gasteiger partial charge < -0.3 is 11.1 Å². The number of carbonyl (C=O) groups excluding carboxylic acids is 1. The number of hydrogen-bond acceptors (Lipinski definition) is 3. The van der Waals surface area contributed by atoms with Gasteiger partial charge in [-0.15, -0.1) is 0 Å². The van der Waals surface area contributed by atoms with Crippen LogP contribution in [0.3, 0.4) is 0 Å². The van der Waals surface area contributed by atoms with Crippen LogP contribution in [0.1, 0.15) is 12.8 Å². The molecule has 0 atom stereocenters. The molecule has 0 radical (unpaired) electrons. The van der Waals surface area contributed by atoms with E-state index in [1.165, 1.54) is 0 Å². The van der Waals surface area contributed by atoms with Crippen LogP contribution < -0.4 is 11.1 Å². The maximum atomic E-state index is 12.2. The highest BCUT2D eigenvalue weighted by molar-refractivity contribution is 6.04. The van der Waals surface area contributed by atoms with Gasteiger partial charge in [-0.1, -0.05) is 12.1 Å². The van der Waals surface area contributed by atoms with Crippen molar-refractivity contribution in [2.24, 2.45) is 11.1 Å². The smallest absolute Gasteiger partial charge is 0.231 e. The molecule has 3 rings (SSSR count). The van der Waals surface area contributed by atoms with Gasteiger partial charge in [-0.3, -0.25) is 9.78 Å². The van der Waals surface area contributed by atoms with Crippen LogP contribution in [0, 0.1) is 5.41 Å². The summed E-state index contributed by atoms with van der Waals surface area (Å²) in [5.41, 5.74) is 6.17. The summed E-state index contributed by atoms with van der Waals surface area (Å²) in [5, 5.41) is 5.02. The van der Waals surface area contributed by atoms with E-state index >= 15 is 0 Å². The minimum atomic E-state index is -0.324. The van der Waals surface area contributed by atoms with Crippen molar-refractivity contribution in [3.8, 4) is 0 Å². The normalized spacial score (nSPS) is 16.5. The number of nitrogens with one attached hydrogen (secondary N) is 1. The fourth-order valence-electron chi connectivity index (χ4n) is 2.16. The fourth-order valence-corrected chi connectivity index (χ4v) is 2.16. The van der Waals surface area contributed by atoms with Gasteiger partial charge in [0.2, 0.25) is 5.91 Å². The van der Waals surface area contributed by atoms with Crippen molar-refractivity contribution >= 4 is 22.4 Å². The van der Waals surface area contributed by atoms with E-state index in [1.807, 2.05) is 24.3 Å². The van der Waals surface area contributed by atoms with Crippen molar-refractivity contribution in [3.63, 3.8) is 0 Å². The number of hydrogen-bond donors (Lipinski definition) is 2. The molecule has 3 N–H and O–H groups in total. The quantitative estimate of drug-likeness (QED) is 0.862. The molecule has 0 spiro atoms. The highest BCUT2D eigenvalue weighted by Crippen LogP contribution is 2.45. The maximum absolute atomic E-state index is 12.2. The second kappa shape index (κ2) is 4.07. The molecule has 0 unspecified atom stereocenters. The standard InChI is InChI=1S/C14H15N3O/c15-9-14(5-6-14)13(18)17-12-3-1-2-10-8-16-7-4-11(10)12/h1-4,7-8H,5-6,9,15H2,(H,17,18). The molecule has 0 saturated heterocycles. The molecule has 92 valence electrons. The molecule has 1 heterocycles. The maximum Gasteiger partial charge on any atom is 0.231 e. The largest absolute Gasteiger partial charge is 0.329 e. The molecule has 1 aromatic heterocycles. The van der Waals surface area contributed by atoms with Crippen molar-refractivity contribution in [1.82, 2.24) is 4.98 Å². The first-order chi connectivity index (χ1) is 8.75. The van der Waals surface area contributed by atoms with Gasteiger partial charge >= 0.3 is 0 Å². The lowest BCUT2D eigenvalue weighted by Crippen LogP contribution is -2.30. The number of carbonyl (C=O) groups is 1. The Balaban J connectivity index is 1.93. The highest BCUT2D eigenvalue weighted by Gasteiger charge is 2.48. The van der Waals surface area contributed by atoms with Gasteiger partial charge in [0.1, 0.15) is 0 Å². The van der Waals surface area contributed by atoms with E-state index in [9.17, 15) is 4.79 Å². The summed E-state index contributed by atoms with van der Waals surface area (Å²) in [4.78, 5) is 16.2. The Morgan fingerprint density at radius 1 is 1.39 bits per heavy atom. The number of rotatable bonds is 3. The third kappa shape index (κ3) is 1.75. The van der Waals surface area contributed by atoms with Crippen LogP contribution in [0.15, 0.2) is 36.7 Å². The molecular weight excluding hydrogens is 226 g/mol. The first-order valence-corrected chi connectivity index (χ1v) is 6.09. The van der Waals surface area contributed by atoms with Gasteiger partial charge in [-0.2, -0.15) is 0 Å². The molecule has 4 heteroatoms. The second-order valence-electron chi connectivity index (χ2n) is 4.84. The summed E-state index contributed by atoms with van der Waals surface area (Å²) in [6, 6.07) is 7.72. The first-order valence-electron chi connectivity index (χ1n) is 6.09. The molecular formula is C14H15N3O. The number of benzene rings is 1. The minimum Gasteiger partial charge on any atom is -0.329 e. The monoisotopic (exact) mass is 241 g/mol. The van der Waals surface area contributed by atoms with Gasteiger partial charge in [0.05, 0.1) is 5.41 Å². The highest BCUT2D eigenvalue weighted by atomic mass is 16.2. The Hall–Kier alpha value is -1.94. The molecule has 0 bridgehead atoms. The third-order valence-electron chi connectivity index (χ3n) is 3.65. The number of amides is 1. The van der Waals surface area contributed by atoms with Gasteiger partial charge in [0.15, 0.2) is 0 Å². The molecule has 4 nitrogen and oxygen atoms in total. The van der Waals surface area contributed by atoms with Crippen molar-refractivity contribution in [2.45, 2.75) is 12.8 Å². The summed E-state index contributed by atoms with van der Waals surface area (Å²) in [5.74, 6) is 0.0364. The Labute approximate surface area is 105 Å². The minimum absolute atomic E-state index is 0.0364. The zero-order chi connectivity index (χ0) is 12.6. The van der Waals surface area contributed by atoms with E-state index in [4.69, 9.17) is 5.73 Å². The number of anilines is 1. The average Bonchev–Trinajstić information content (AvgIpc) is 3.20. The van der Waals surface area contributed by atoms with Crippen molar-refractivity contribution in [2.75, 3.05) is 11.9 Å². The van der Waals surface area contributed by atoms with E-state index in [0.717, 1.165) is 29.3 Å². The summed E-state index contributed by atoms with van der Waals surface area (Å²) >= 11 is 0. The second-order valence-corrected chi connectivity index (χ2v) is 4.84. The molecule has 1 amide bonds. The molecule has 1 saturated carbocycles. The lowest BCUT2D eigenvalue weighted by Gasteiger charge is -2.14. The Morgan fingerprint density at radius 2 is 2.22 bits per heavy atom. The third-order valence-corrected chi connectivity index (χ3v) is 3.65. The van der Waals surface area contributed by atoms with Crippen molar-refractivity contribution in [3.05, 3.63) is 36.7 Å². The SMILES string of the molecule is NCC1(C(=O)Nc2cccc3cnccc23)CC1. The Bertz CT molecular complexity index is 600. The molecule has 1 aromatic carbocycles. The van der Waals surface area contributed by atoms with Crippen LogP contribution >= 0.6 is 0 Å². The lowest BCUT2D eigenvalue weighted by molar-refractivity contribution is -0.120. The lowest BCUT2D eigenvalue weighted by atomic mass is 10.1. The molecule has 0 aliphatic heterocycles. The van der Waals surface area contributed by atoms with Crippen molar-refractivity contribution in [1.29, 1.82) is 0 Å². The van der Waals surface area contributed by atoms with E-state index in [1.54, 1.807) is 12.4 Å². The van der Waals surface area contributed by atoms with Crippen LogP contribution in [0.2, 0.25) is 0 Å². The van der Waals surface area contributed by atoms with Crippen LogP contribution in [-0.2, 0) is 4.79 Å². The van der Waals surface area contributed by atoms with Crippen LogP contribution in [0.4, 0.5) is 5.69 Å². The number of fused-ring (bicyclic) bond motifs is 1. The molecule has 1 aliphatic rings. The summed E-state index contributed by atoms with van der Waals surface area (Å²) in [7, 11) is 0. The molecule has 1 fully saturated rings. The summed E-state index contributed by atoms with van der Waals surface area (Å²) < 4.78 is 0. The topological polar surface area (TPSA) is 68.0 Å².